The molecule has 3 aromatic carbocycles. The third-order valence-electron chi connectivity index (χ3n) is 4.91. The first-order valence-electron chi connectivity index (χ1n) is 9.40. The zero-order valence-electron chi connectivity index (χ0n) is 16.0. The van der Waals surface area contributed by atoms with Crippen LogP contribution in [0.2, 0.25) is 0 Å². The van der Waals surface area contributed by atoms with Gasteiger partial charge in [-0.3, -0.25) is 15.1 Å². The van der Waals surface area contributed by atoms with Gasteiger partial charge in [0.2, 0.25) is 0 Å². The van der Waals surface area contributed by atoms with Crippen molar-refractivity contribution in [1.82, 2.24) is 9.97 Å². The summed E-state index contributed by atoms with van der Waals surface area (Å²) in [7, 11) is 0. The fraction of sp³-hybridized carbons (Fsp3) is 0.0417. The van der Waals surface area contributed by atoms with Gasteiger partial charge >= 0.3 is 0 Å². The van der Waals surface area contributed by atoms with Crippen molar-refractivity contribution in [3.8, 4) is 11.3 Å². The molecule has 0 atom stereocenters. The van der Waals surface area contributed by atoms with Crippen LogP contribution in [0.25, 0.3) is 32.9 Å². The first-order valence-corrected chi connectivity index (χ1v) is 10.3. The van der Waals surface area contributed by atoms with Gasteiger partial charge in [0.1, 0.15) is 5.82 Å². The zero-order chi connectivity index (χ0) is 20.7. The minimum atomic E-state index is -0.407. The van der Waals surface area contributed by atoms with Crippen molar-refractivity contribution in [2.75, 3.05) is 5.32 Å². The van der Waals surface area contributed by atoms with Gasteiger partial charge in [0.15, 0.2) is 5.13 Å². The first-order chi connectivity index (χ1) is 14.6. The lowest BCUT2D eigenvalue weighted by Crippen LogP contribution is -2.13. The summed E-state index contributed by atoms with van der Waals surface area (Å²) in [6.45, 7) is 1.81. The summed E-state index contributed by atoms with van der Waals surface area (Å²) >= 11 is 1.35. The van der Waals surface area contributed by atoms with Gasteiger partial charge in [-0.15, -0.1) is 11.3 Å². The van der Waals surface area contributed by atoms with Crippen molar-refractivity contribution in [3.05, 3.63) is 89.2 Å². The van der Waals surface area contributed by atoms with Gasteiger partial charge in [0, 0.05) is 22.0 Å². The van der Waals surface area contributed by atoms with Crippen LogP contribution in [0.3, 0.4) is 0 Å². The number of thiazole rings is 1. The molecule has 0 saturated heterocycles. The van der Waals surface area contributed by atoms with Gasteiger partial charge in [0.05, 0.1) is 16.8 Å². The average molecular weight is 413 g/mol. The number of aryl methyl sites for hydroxylation is 1. The van der Waals surface area contributed by atoms with E-state index in [1.807, 2.05) is 23.6 Å². The third-order valence-corrected chi connectivity index (χ3v) is 5.67. The summed E-state index contributed by atoms with van der Waals surface area (Å²) in [5, 5.41) is 8.02. The lowest BCUT2D eigenvalue weighted by atomic mass is 10.1. The smallest absolute Gasteiger partial charge is 0.258 e. The van der Waals surface area contributed by atoms with Crippen LogP contribution in [0.15, 0.2) is 72.1 Å². The number of pyridine rings is 1. The van der Waals surface area contributed by atoms with Gasteiger partial charge in [-0.2, -0.15) is 0 Å². The van der Waals surface area contributed by atoms with Crippen LogP contribution in [0.4, 0.5) is 9.52 Å². The van der Waals surface area contributed by atoms with Gasteiger partial charge < -0.3 is 0 Å². The molecule has 0 unspecified atom stereocenters. The van der Waals surface area contributed by atoms with E-state index in [0.717, 1.165) is 22.0 Å². The maximum absolute atomic E-state index is 13.7. The molecule has 1 N–H and O–H groups in total. The average Bonchev–Trinajstić information content (AvgIpc) is 3.21. The summed E-state index contributed by atoms with van der Waals surface area (Å²) in [6, 6.07) is 20.2. The first kappa shape index (κ1) is 18.4. The second kappa shape index (κ2) is 7.31. The fourth-order valence-electron chi connectivity index (χ4n) is 3.50. The number of nitrogens with zero attached hydrogens (tertiary/aromatic N) is 2. The van der Waals surface area contributed by atoms with Crippen molar-refractivity contribution >= 4 is 44.1 Å². The molecule has 2 aromatic heterocycles. The molecule has 0 aliphatic heterocycles. The Morgan fingerprint density at radius 2 is 1.80 bits per heavy atom. The second-order valence-electron chi connectivity index (χ2n) is 7.03. The Morgan fingerprint density at radius 1 is 0.967 bits per heavy atom. The normalized spacial score (nSPS) is 11.1. The molecule has 0 bridgehead atoms. The third kappa shape index (κ3) is 3.42. The Labute approximate surface area is 176 Å². The number of fused-ring (bicyclic) bond motifs is 2. The van der Waals surface area contributed by atoms with Crippen LogP contribution in [0.5, 0.6) is 0 Å². The van der Waals surface area contributed by atoms with E-state index in [-0.39, 0.29) is 5.91 Å². The molecule has 146 valence electrons. The molecule has 6 heteroatoms. The number of aromatic nitrogens is 2. The molecule has 0 aliphatic rings. The van der Waals surface area contributed by atoms with Crippen molar-refractivity contribution in [2.24, 2.45) is 0 Å². The molecule has 0 radical (unpaired) electrons. The number of hydrogen-bond donors (Lipinski definition) is 1. The zero-order valence-corrected chi connectivity index (χ0v) is 16.8. The van der Waals surface area contributed by atoms with Crippen molar-refractivity contribution in [1.29, 1.82) is 0 Å². The summed E-state index contributed by atoms with van der Waals surface area (Å²) in [4.78, 5) is 21.9. The van der Waals surface area contributed by atoms with E-state index in [1.54, 1.807) is 19.1 Å². The van der Waals surface area contributed by atoms with Crippen LogP contribution in [0.1, 0.15) is 16.1 Å². The largest absolute Gasteiger partial charge is 0.298 e. The quantitative estimate of drug-likeness (QED) is 0.382. The van der Waals surface area contributed by atoms with E-state index in [0.29, 0.717) is 27.3 Å². The molecule has 0 spiro atoms. The lowest BCUT2D eigenvalue weighted by Gasteiger charge is -2.07. The number of halogens is 1. The van der Waals surface area contributed by atoms with Gasteiger partial charge in [-0.05, 0) is 48.0 Å². The Bertz CT molecular complexity index is 1430. The van der Waals surface area contributed by atoms with Crippen LogP contribution in [-0.2, 0) is 0 Å². The van der Waals surface area contributed by atoms with Crippen LogP contribution >= 0.6 is 11.3 Å². The van der Waals surface area contributed by atoms with Gasteiger partial charge in [0.25, 0.3) is 5.91 Å². The molecule has 30 heavy (non-hydrogen) atoms. The Kier molecular flexibility index (Phi) is 4.48. The maximum atomic E-state index is 13.7. The summed E-state index contributed by atoms with van der Waals surface area (Å²) in [6.07, 6.45) is 0. The summed E-state index contributed by atoms with van der Waals surface area (Å²) in [5.41, 5.74) is 3.42. The molecule has 0 aliphatic carbocycles. The molecular formula is C24H16FN3OS. The molecule has 5 rings (SSSR count). The van der Waals surface area contributed by atoms with Crippen molar-refractivity contribution < 1.29 is 9.18 Å². The van der Waals surface area contributed by atoms with Crippen molar-refractivity contribution in [2.45, 2.75) is 6.92 Å². The molecule has 4 nitrogen and oxygen atoms in total. The van der Waals surface area contributed by atoms with E-state index in [9.17, 15) is 9.18 Å². The number of amides is 1. The second-order valence-corrected chi connectivity index (χ2v) is 7.88. The van der Waals surface area contributed by atoms with Crippen LogP contribution in [-0.4, -0.2) is 15.9 Å². The number of rotatable bonds is 3. The number of hydrogen-bond acceptors (Lipinski definition) is 4. The highest BCUT2D eigenvalue weighted by molar-refractivity contribution is 7.14. The predicted molar refractivity (Wildman–Crippen MR) is 119 cm³/mol. The number of nitrogens with one attached hydrogen (secondary N) is 1. The summed E-state index contributed by atoms with van der Waals surface area (Å²) in [5.74, 6) is -0.745. The molecule has 1 amide bonds. The van der Waals surface area contributed by atoms with Crippen molar-refractivity contribution in [3.63, 3.8) is 0 Å². The minimum absolute atomic E-state index is 0.337. The van der Waals surface area contributed by atoms with E-state index in [2.05, 4.69) is 39.6 Å². The summed E-state index contributed by atoms with van der Waals surface area (Å²) < 4.78 is 13.7. The molecule has 2 heterocycles. The number of carbonyl (C=O) groups excluding carboxylic acids is 1. The van der Waals surface area contributed by atoms with E-state index >= 15 is 0 Å². The lowest BCUT2D eigenvalue weighted by molar-refractivity contribution is 0.102. The molecule has 5 aromatic rings. The van der Waals surface area contributed by atoms with Gasteiger partial charge in [-0.25, -0.2) is 9.37 Å². The highest BCUT2D eigenvalue weighted by Gasteiger charge is 2.15. The maximum Gasteiger partial charge on any atom is 0.258 e. The monoisotopic (exact) mass is 413 g/mol. The fourth-order valence-corrected chi connectivity index (χ4v) is 4.21. The number of carbonyl (C=O) groups is 1. The Hall–Kier alpha value is -3.64. The highest BCUT2D eigenvalue weighted by atomic mass is 32.1. The molecular weight excluding hydrogens is 397 g/mol. The highest BCUT2D eigenvalue weighted by Crippen LogP contribution is 2.28. The Morgan fingerprint density at radius 3 is 2.67 bits per heavy atom. The standard InChI is InChI=1S/C24H16FN3OS/c1-14-10-20(19-12-18(25)8-9-21(19)26-14)23(29)28-24-27-22(13-30-24)17-7-6-15-4-2-3-5-16(15)11-17/h2-13H,1H3,(H,27,28,29). The Balaban J connectivity index is 1.46. The van der Waals surface area contributed by atoms with E-state index in [1.165, 1.54) is 23.5 Å². The predicted octanol–water partition coefficient (Wildman–Crippen LogP) is 6.21. The van der Waals surface area contributed by atoms with Crippen LogP contribution in [0, 0.1) is 12.7 Å². The van der Waals surface area contributed by atoms with Gasteiger partial charge in [-0.1, -0.05) is 36.4 Å². The molecule has 0 saturated carbocycles. The number of benzene rings is 3. The van der Waals surface area contributed by atoms with E-state index < -0.39 is 5.82 Å². The van der Waals surface area contributed by atoms with E-state index in [4.69, 9.17) is 0 Å². The topological polar surface area (TPSA) is 54.9 Å². The number of anilines is 1. The van der Waals surface area contributed by atoms with Crippen LogP contribution < -0.4 is 5.32 Å². The minimum Gasteiger partial charge on any atom is -0.298 e. The molecule has 0 fully saturated rings. The SMILES string of the molecule is Cc1cc(C(=O)Nc2nc(-c3ccc4ccccc4c3)cs2)c2cc(F)ccc2n1.